The molecule has 2 aromatic rings. The van der Waals surface area contributed by atoms with Crippen LogP contribution in [0.4, 0.5) is 0 Å². The van der Waals surface area contributed by atoms with E-state index < -0.39 is 0 Å². The fourth-order valence-corrected chi connectivity index (χ4v) is 3.11. The van der Waals surface area contributed by atoms with Crippen molar-refractivity contribution in [2.75, 3.05) is 7.05 Å². The Morgan fingerprint density at radius 2 is 2.10 bits per heavy atom. The van der Waals surface area contributed by atoms with Crippen LogP contribution in [0.2, 0.25) is 0 Å². The lowest BCUT2D eigenvalue weighted by Gasteiger charge is -2.17. The first kappa shape index (κ1) is 16.2. The number of benzene rings is 1. The number of aromatic nitrogens is 2. The van der Waals surface area contributed by atoms with Gasteiger partial charge in [-0.2, -0.15) is 5.10 Å². The summed E-state index contributed by atoms with van der Waals surface area (Å²) in [5, 5.41) is 8.11. The predicted octanol–water partition coefficient (Wildman–Crippen LogP) is 4.43. The van der Waals surface area contributed by atoms with E-state index in [0.717, 1.165) is 23.0 Å². The number of halogens is 1. The molecule has 0 spiro atoms. The summed E-state index contributed by atoms with van der Waals surface area (Å²) < 4.78 is 3.19. The van der Waals surface area contributed by atoms with Crippen LogP contribution in [0.15, 0.2) is 34.9 Å². The first-order valence-electron chi connectivity index (χ1n) is 7.51. The molecule has 0 saturated heterocycles. The van der Waals surface area contributed by atoms with E-state index in [1.165, 1.54) is 11.1 Å². The largest absolute Gasteiger partial charge is 0.313 e. The van der Waals surface area contributed by atoms with Crippen molar-refractivity contribution < 1.29 is 0 Å². The summed E-state index contributed by atoms with van der Waals surface area (Å²) >= 11 is 3.58. The fraction of sp³-hybridized carbons (Fsp3) is 0.471. The second-order valence-corrected chi connectivity index (χ2v) is 6.57. The molecule has 3 nitrogen and oxygen atoms in total. The third kappa shape index (κ3) is 4.17. The van der Waals surface area contributed by atoms with Crippen molar-refractivity contribution in [3.05, 3.63) is 51.8 Å². The van der Waals surface area contributed by atoms with Gasteiger partial charge < -0.3 is 5.32 Å². The molecule has 0 aliphatic heterocycles. The van der Waals surface area contributed by atoms with Crippen molar-refractivity contribution in [2.45, 2.75) is 45.7 Å². The summed E-state index contributed by atoms with van der Waals surface area (Å²) in [6, 6.07) is 9.41. The molecule has 2 atom stereocenters. The molecule has 0 radical (unpaired) electrons. The molecule has 2 rings (SSSR count). The summed E-state index contributed by atoms with van der Waals surface area (Å²) in [6.07, 6.45) is 4.08. The Morgan fingerprint density at radius 3 is 2.71 bits per heavy atom. The van der Waals surface area contributed by atoms with Crippen molar-refractivity contribution in [1.82, 2.24) is 15.1 Å². The molecule has 2 unspecified atom stereocenters. The lowest BCUT2D eigenvalue weighted by molar-refractivity contribution is 0.469. The number of rotatable bonds is 6. The molecule has 1 N–H and O–H groups in total. The predicted molar refractivity (Wildman–Crippen MR) is 91.6 cm³/mol. The van der Waals surface area contributed by atoms with Crippen LogP contribution in [0.1, 0.15) is 49.2 Å². The molecule has 0 aliphatic rings. The molecule has 0 amide bonds. The molecule has 114 valence electrons. The number of likely N-dealkylation sites (N-methyl/N-ethyl adjacent to an activating group) is 1. The standard InChI is InChI=1S/C17H24BrN3/c1-5-13(3)21-7-6-16(20-21)11-17(19-4)14-8-12(2)9-15(18)10-14/h6-10,13,17,19H,5,11H2,1-4H3. The normalized spacial score (nSPS) is 14.1. The number of nitrogens with zero attached hydrogens (tertiary/aromatic N) is 2. The zero-order valence-corrected chi connectivity index (χ0v) is 14.8. The molecule has 21 heavy (non-hydrogen) atoms. The lowest BCUT2D eigenvalue weighted by Crippen LogP contribution is -2.19. The molecule has 4 heteroatoms. The van der Waals surface area contributed by atoms with E-state index in [2.05, 4.69) is 77.2 Å². The number of nitrogens with one attached hydrogen (secondary N) is 1. The van der Waals surface area contributed by atoms with Gasteiger partial charge in [0.2, 0.25) is 0 Å². The Bertz CT molecular complexity index is 571. The first-order chi connectivity index (χ1) is 10.0. The van der Waals surface area contributed by atoms with Crippen LogP contribution in [0, 0.1) is 6.92 Å². The van der Waals surface area contributed by atoms with E-state index in [0.29, 0.717) is 6.04 Å². The minimum Gasteiger partial charge on any atom is -0.313 e. The molecule has 1 aromatic heterocycles. The van der Waals surface area contributed by atoms with Crippen LogP contribution >= 0.6 is 15.9 Å². The molecule has 0 fully saturated rings. The van der Waals surface area contributed by atoms with Gasteiger partial charge in [0.25, 0.3) is 0 Å². The summed E-state index contributed by atoms with van der Waals surface area (Å²) in [5.74, 6) is 0. The van der Waals surface area contributed by atoms with Gasteiger partial charge in [0.05, 0.1) is 5.69 Å². The second-order valence-electron chi connectivity index (χ2n) is 5.65. The van der Waals surface area contributed by atoms with Gasteiger partial charge in [0.15, 0.2) is 0 Å². The summed E-state index contributed by atoms with van der Waals surface area (Å²) in [5.41, 5.74) is 3.69. The van der Waals surface area contributed by atoms with Crippen LogP contribution in [0.25, 0.3) is 0 Å². The molecular weight excluding hydrogens is 326 g/mol. The van der Waals surface area contributed by atoms with Crippen molar-refractivity contribution in [3.63, 3.8) is 0 Å². The topological polar surface area (TPSA) is 29.9 Å². The van der Waals surface area contributed by atoms with Gasteiger partial charge in [-0.1, -0.05) is 28.9 Å². The second kappa shape index (κ2) is 7.23. The van der Waals surface area contributed by atoms with E-state index >= 15 is 0 Å². The van der Waals surface area contributed by atoms with Gasteiger partial charge in [-0.25, -0.2) is 0 Å². The highest BCUT2D eigenvalue weighted by Crippen LogP contribution is 2.23. The number of hydrogen-bond donors (Lipinski definition) is 1. The van der Waals surface area contributed by atoms with E-state index in [1.54, 1.807) is 0 Å². The van der Waals surface area contributed by atoms with Gasteiger partial charge in [-0.3, -0.25) is 4.68 Å². The Morgan fingerprint density at radius 1 is 1.33 bits per heavy atom. The maximum absolute atomic E-state index is 4.70. The number of aryl methyl sites for hydroxylation is 1. The van der Waals surface area contributed by atoms with Crippen molar-refractivity contribution in [1.29, 1.82) is 0 Å². The summed E-state index contributed by atoms with van der Waals surface area (Å²) in [4.78, 5) is 0. The highest BCUT2D eigenvalue weighted by atomic mass is 79.9. The van der Waals surface area contributed by atoms with E-state index in [4.69, 9.17) is 5.10 Å². The van der Waals surface area contributed by atoms with Gasteiger partial charge in [0, 0.05) is 29.2 Å². The smallest absolute Gasteiger partial charge is 0.0643 e. The maximum atomic E-state index is 4.70. The molecule has 1 aromatic carbocycles. The first-order valence-corrected chi connectivity index (χ1v) is 8.31. The molecule has 1 heterocycles. The summed E-state index contributed by atoms with van der Waals surface area (Å²) in [6.45, 7) is 6.51. The third-order valence-electron chi connectivity index (χ3n) is 3.93. The highest BCUT2D eigenvalue weighted by Gasteiger charge is 2.14. The Kier molecular flexibility index (Phi) is 5.59. The fourth-order valence-electron chi connectivity index (χ4n) is 2.48. The molecule has 0 aliphatic carbocycles. The minimum atomic E-state index is 0.279. The van der Waals surface area contributed by atoms with Crippen LogP contribution in [-0.2, 0) is 6.42 Å². The van der Waals surface area contributed by atoms with Gasteiger partial charge in [-0.15, -0.1) is 0 Å². The summed E-state index contributed by atoms with van der Waals surface area (Å²) in [7, 11) is 2.01. The zero-order valence-electron chi connectivity index (χ0n) is 13.2. The van der Waals surface area contributed by atoms with Gasteiger partial charge in [-0.05, 0) is 56.6 Å². The van der Waals surface area contributed by atoms with Crippen molar-refractivity contribution >= 4 is 15.9 Å². The van der Waals surface area contributed by atoms with Gasteiger partial charge >= 0.3 is 0 Å². The Hall–Kier alpha value is -1.13. The third-order valence-corrected chi connectivity index (χ3v) is 4.39. The van der Waals surface area contributed by atoms with Crippen LogP contribution in [-0.4, -0.2) is 16.8 Å². The van der Waals surface area contributed by atoms with E-state index in [-0.39, 0.29) is 6.04 Å². The van der Waals surface area contributed by atoms with Crippen molar-refractivity contribution in [3.8, 4) is 0 Å². The van der Waals surface area contributed by atoms with Crippen LogP contribution < -0.4 is 5.32 Å². The quantitative estimate of drug-likeness (QED) is 0.835. The van der Waals surface area contributed by atoms with Gasteiger partial charge in [0.1, 0.15) is 0 Å². The van der Waals surface area contributed by atoms with E-state index in [1.807, 2.05) is 7.05 Å². The van der Waals surface area contributed by atoms with Crippen LogP contribution in [0.3, 0.4) is 0 Å². The molecule has 0 saturated carbocycles. The Balaban J connectivity index is 2.17. The molecular formula is C17H24BrN3. The minimum absolute atomic E-state index is 0.279. The maximum Gasteiger partial charge on any atom is 0.0643 e. The average Bonchev–Trinajstić information content (AvgIpc) is 2.91. The van der Waals surface area contributed by atoms with E-state index in [9.17, 15) is 0 Å². The van der Waals surface area contributed by atoms with Crippen LogP contribution in [0.5, 0.6) is 0 Å². The highest BCUT2D eigenvalue weighted by molar-refractivity contribution is 9.10. The Labute approximate surface area is 135 Å². The average molecular weight is 350 g/mol. The molecule has 0 bridgehead atoms. The zero-order chi connectivity index (χ0) is 15.4. The number of hydrogen-bond acceptors (Lipinski definition) is 2. The monoisotopic (exact) mass is 349 g/mol. The SMILES string of the molecule is CCC(C)n1ccc(CC(NC)c2cc(C)cc(Br)c2)n1. The van der Waals surface area contributed by atoms with Crippen molar-refractivity contribution in [2.24, 2.45) is 0 Å². The lowest BCUT2D eigenvalue weighted by atomic mass is 10.0.